The van der Waals surface area contributed by atoms with E-state index in [9.17, 15) is 0 Å². The molecule has 2 aliphatic carbocycles. The van der Waals surface area contributed by atoms with Gasteiger partial charge >= 0.3 is 0 Å². The second-order valence-corrected chi connectivity index (χ2v) is 17.9. The molecule has 0 N–H and O–H groups in total. The Morgan fingerprint density at radius 1 is 0.356 bits per heavy atom. The summed E-state index contributed by atoms with van der Waals surface area (Å²) >= 11 is 0. The average Bonchev–Trinajstić information content (AvgIpc) is 3.65. The standard InChI is InChI=1S/C57H50N2/c1-55(2,3)59(54-31-18-15-26-45(54)40-22-11-8-12-23-40)44-33-35-49-47-28-14-17-30-51(47)57(6,53(49)38-44)58(42-25-19-24-41(36-42)39-20-9-7-10-21-39)43-32-34-48-46-27-13-16-29-50(46)56(4,5)52(48)37-43/h7-38H,1-6H3. The van der Waals surface area contributed by atoms with Crippen LogP contribution in [0.25, 0.3) is 44.5 Å². The second kappa shape index (κ2) is 13.7. The first-order valence-electron chi connectivity index (χ1n) is 20.9. The lowest BCUT2D eigenvalue weighted by Gasteiger charge is -2.44. The van der Waals surface area contributed by atoms with Gasteiger partial charge in [0.1, 0.15) is 0 Å². The minimum Gasteiger partial charge on any atom is -0.336 e. The van der Waals surface area contributed by atoms with Crippen LogP contribution in [-0.2, 0) is 11.0 Å². The molecule has 288 valence electrons. The van der Waals surface area contributed by atoms with Gasteiger partial charge in [0.15, 0.2) is 0 Å². The molecule has 0 saturated carbocycles. The van der Waals surface area contributed by atoms with Crippen LogP contribution in [-0.4, -0.2) is 5.54 Å². The molecule has 0 aromatic heterocycles. The molecule has 0 spiro atoms. The first-order valence-corrected chi connectivity index (χ1v) is 20.9. The Labute approximate surface area is 350 Å². The van der Waals surface area contributed by atoms with Crippen molar-refractivity contribution in [1.82, 2.24) is 0 Å². The zero-order valence-electron chi connectivity index (χ0n) is 34.9. The number of anilines is 4. The molecule has 8 aromatic rings. The fourth-order valence-corrected chi connectivity index (χ4v) is 10.2. The van der Waals surface area contributed by atoms with Crippen molar-refractivity contribution in [2.45, 2.75) is 58.0 Å². The molecule has 0 saturated heterocycles. The fourth-order valence-electron chi connectivity index (χ4n) is 10.2. The molecular formula is C57H50N2. The van der Waals surface area contributed by atoms with Gasteiger partial charge in [0.2, 0.25) is 0 Å². The molecule has 2 aliphatic rings. The van der Waals surface area contributed by atoms with Gasteiger partial charge < -0.3 is 9.80 Å². The highest BCUT2D eigenvalue weighted by atomic mass is 15.2. The third kappa shape index (κ3) is 5.84. The predicted molar refractivity (Wildman–Crippen MR) is 250 cm³/mol. The Morgan fingerprint density at radius 2 is 0.847 bits per heavy atom. The van der Waals surface area contributed by atoms with Gasteiger partial charge in [-0.2, -0.15) is 0 Å². The van der Waals surface area contributed by atoms with E-state index < -0.39 is 5.54 Å². The summed E-state index contributed by atoms with van der Waals surface area (Å²) in [7, 11) is 0. The van der Waals surface area contributed by atoms with E-state index in [0.717, 1.165) is 5.69 Å². The third-order valence-corrected chi connectivity index (χ3v) is 12.9. The summed E-state index contributed by atoms with van der Waals surface area (Å²) in [6.07, 6.45) is 0. The van der Waals surface area contributed by atoms with Crippen molar-refractivity contribution >= 4 is 22.7 Å². The maximum atomic E-state index is 2.63. The van der Waals surface area contributed by atoms with Crippen LogP contribution >= 0.6 is 0 Å². The van der Waals surface area contributed by atoms with Crippen LogP contribution in [0.3, 0.4) is 0 Å². The van der Waals surface area contributed by atoms with Gasteiger partial charge in [0.05, 0.1) is 5.54 Å². The van der Waals surface area contributed by atoms with E-state index in [0.29, 0.717) is 0 Å². The molecular weight excluding hydrogens is 713 g/mol. The second-order valence-electron chi connectivity index (χ2n) is 17.9. The molecule has 0 radical (unpaired) electrons. The number of fused-ring (bicyclic) bond motifs is 6. The highest BCUT2D eigenvalue weighted by molar-refractivity contribution is 5.91. The van der Waals surface area contributed by atoms with Crippen LogP contribution in [0.5, 0.6) is 0 Å². The molecule has 10 rings (SSSR count). The summed E-state index contributed by atoms with van der Waals surface area (Å²) in [5.41, 5.74) is 19.1. The molecule has 2 nitrogen and oxygen atoms in total. The summed E-state index contributed by atoms with van der Waals surface area (Å²) in [4.78, 5) is 5.17. The lowest BCUT2D eigenvalue weighted by molar-refractivity contribution is 0.558. The highest BCUT2D eigenvalue weighted by Crippen LogP contribution is 2.57. The summed E-state index contributed by atoms with van der Waals surface area (Å²) in [5.74, 6) is 0. The van der Waals surface area contributed by atoms with E-state index in [1.165, 1.54) is 83.8 Å². The number of rotatable bonds is 7. The fraction of sp³-hybridized carbons (Fsp3) is 0.158. The largest absolute Gasteiger partial charge is 0.336 e. The van der Waals surface area contributed by atoms with E-state index in [2.05, 4.69) is 245 Å². The van der Waals surface area contributed by atoms with Gasteiger partial charge in [0, 0.05) is 39.3 Å². The Hall–Kier alpha value is -6.64. The van der Waals surface area contributed by atoms with Crippen molar-refractivity contribution in [3.05, 3.63) is 216 Å². The van der Waals surface area contributed by atoms with Gasteiger partial charge in [-0.15, -0.1) is 0 Å². The van der Waals surface area contributed by atoms with Crippen molar-refractivity contribution in [3.63, 3.8) is 0 Å². The maximum absolute atomic E-state index is 2.63. The van der Waals surface area contributed by atoms with Crippen molar-refractivity contribution in [2.24, 2.45) is 0 Å². The van der Waals surface area contributed by atoms with E-state index in [1.54, 1.807) is 0 Å². The van der Waals surface area contributed by atoms with Crippen LogP contribution in [0.15, 0.2) is 194 Å². The number of hydrogen-bond donors (Lipinski definition) is 0. The van der Waals surface area contributed by atoms with Gasteiger partial charge in [-0.05, 0) is 131 Å². The molecule has 8 aromatic carbocycles. The van der Waals surface area contributed by atoms with Crippen LogP contribution < -0.4 is 9.80 Å². The van der Waals surface area contributed by atoms with Crippen LogP contribution in [0.4, 0.5) is 22.7 Å². The Bertz CT molecular complexity index is 2860. The van der Waals surface area contributed by atoms with E-state index >= 15 is 0 Å². The summed E-state index contributed by atoms with van der Waals surface area (Å²) in [5, 5.41) is 0. The summed E-state index contributed by atoms with van der Waals surface area (Å²) < 4.78 is 0. The molecule has 1 atom stereocenters. The van der Waals surface area contributed by atoms with Gasteiger partial charge in [0.25, 0.3) is 0 Å². The minimum atomic E-state index is -0.580. The van der Waals surface area contributed by atoms with E-state index in [1.807, 2.05) is 0 Å². The van der Waals surface area contributed by atoms with Crippen molar-refractivity contribution < 1.29 is 0 Å². The molecule has 59 heavy (non-hydrogen) atoms. The van der Waals surface area contributed by atoms with Gasteiger partial charge in [-0.25, -0.2) is 0 Å². The van der Waals surface area contributed by atoms with Crippen LogP contribution in [0, 0.1) is 0 Å². The summed E-state index contributed by atoms with van der Waals surface area (Å²) in [6.45, 7) is 14.2. The first-order chi connectivity index (χ1) is 28.5. The quantitative estimate of drug-likeness (QED) is 0.160. The lowest BCUT2D eigenvalue weighted by Crippen LogP contribution is -2.41. The molecule has 0 fully saturated rings. The van der Waals surface area contributed by atoms with E-state index in [4.69, 9.17) is 0 Å². The monoisotopic (exact) mass is 762 g/mol. The van der Waals surface area contributed by atoms with E-state index in [-0.39, 0.29) is 11.0 Å². The summed E-state index contributed by atoms with van der Waals surface area (Å²) in [6, 6.07) is 72.0. The van der Waals surface area contributed by atoms with Crippen LogP contribution in [0.2, 0.25) is 0 Å². The zero-order valence-corrected chi connectivity index (χ0v) is 34.9. The molecule has 0 bridgehead atoms. The Morgan fingerprint density at radius 3 is 1.54 bits per heavy atom. The zero-order chi connectivity index (χ0) is 40.5. The van der Waals surface area contributed by atoms with Crippen LogP contribution in [0.1, 0.15) is 63.8 Å². The first kappa shape index (κ1) is 36.7. The lowest BCUT2D eigenvalue weighted by atomic mass is 9.81. The van der Waals surface area contributed by atoms with Gasteiger partial charge in [-0.3, -0.25) is 0 Å². The van der Waals surface area contributed by atoms with Crippen molar-refractivity contribution in [2.75, 3.05) is 9.80 Å². The topological polar surface area (TPSA) is 6.48 Å². The normalized spacial score (nSPS) is 15.8. The number of para-hydroxylation sites is 1. The van der Waals surface area contributed by atoms with Crippen molar-refractivity contribution in [1.29, 1.82) is 0 Å². The molecule has 0 aliphatic heterocycles. The Kier molecular flexibility index (Phi) is 8.54. The number of benzene rings is 8. The van der Waals surface area contributed by atoms with Crippen molar-refractivity contribution in [3.8, 4) is 44.5 Å². The highest BCUT2D eigenvalue weighted by Gasteiger charge is 2.46. The molecule has 0 amide bonds. The minimum absolute atomic E-state index is 0.140. The third-order valence-electron chi connectivity index (χ3n) is 12.9. The molecule has 1 unspecified atom stereocenters. The maximum Gasteiger partial charge on any atom is 0.0939 e. The number of hydrogen-bond acceptors (Lipinski definition) is 2. The molecule has 0 heterocycles. The smallest absolute Gasteiger partial charge is 0.0939 e. The Balaban J connectivity index is 1.22. The average molecular weight is 763 g/mol. The number of nitrogens with zero attached hydrogens (tertiary/aromatic N) is 2. The SMILES string of the molecule is CC1(C)c2ccccc2-c2ccc(N(c3cccc(-c4ccccc4)c3)C3(C)c4ccccc4-c4ccc(N(c5ccccc5-c5ccccc5)C(C)(C)C)cc43)cc21. The van der Waals surface area contributed by atoms with Gasteiger partial charge in [-0.1, -0.05) is 166 Å². The molecule has 2 heteroatoms. The predicted octanol–water partition coefficient (Wildman–Crippen LogP) is 15.3.